The zero-order valence-electron chi connectivity index (χ0n) is 12.7. The number of hydrogen-bond acceptors (Lipinski definition) is 3. The average Bonchev–Trinajstić information content (AvgIpc) is 2.34. The molecule has 0 bridgehead atoms. The number of phenols is 1. The number of phenolic OH excluding ortho intramolecular Hbond substituents is 1. The number of rotatable bonds is 2. The molecule has 0 spiro atoms. The smallest absolute Gasteiger partial charge is 0.165 e. The lowest BCUT2D eigenvalue weighted by Gasteiger charge is -2.42. The van der Waals surface area contributed by atoms with Crippen molar-refractivity contribution in [2.24, 2.45) is 5.41 Å². The van der Waals surface area contributed by atoms with Gasteiger partial charge >= 0.3 is 0 Å². The standard InChI is InChI=1S/C15H23FN2O.2ClH/c1-15(2,3)14(18-8-6-17-7-9-18)11-4-5-13(19)12(16)10-11;;/h4-5,10,14,17,19H,6-9H2,1-3H3;2*1H/t14-;;/m0../s1. The lowest BCUT2D eigenvalue weighted by molar-refractivity contribution is 0.0859. The van der Waals surface area contributed by atoms with Crippen LogP contribution in [0.5, 0.6) is 5.75 Å². The summed E-state index contributed by atoms with van der Waals surface area (Å²) >= 11 is 0. The van der Waals surface area contributed by atoms with Crippen molar-refractivity contribution in [3.05, 3.63) is 29.6 Å². The Bertz CT molecular complexity index is 446. The Hall–Kier alpha value is -0.550. The Balaban J connectivity index is 0.00000200. The summed E-state index contributed by atoms with van der Waals surface area (Å²) in [5.41, 5.74) is 0.950. The molecule has 0 radical (unpaired) electrons. The van der Waals surface area contributed by atoms with Crippen LogP contribution >= 0.6 is 24.8 Å². The lowest BCUT2D eigenvalue weighted by atomic mass is 9.81. The van der Waals surface area contributed by atoms with E-state index < -0.39 is 5.82 Å². The van der Waals surface area contributed by atoms with E-state index in [1.54, 1.807) is 0 Å². The van der Waals surface area contributed by atoms with Crippen LogP contribution in [0.4, 0.5) is 4.39 Å². The molecule has 1 saturated heterocycles. The molecule has 0 unspecified atom stereocenters. The fraction of sp³-hybridized carbons (Fsp3) is 0.600. The van der Waals surface area contributed by atoms with Crippen LogP contribution in [-0.2, 0) is 0 Å². The van der Waals surface area contributed by atoms with E-state index in [1.807, 2.05) is 6.07 Å². The maximum absolute atomic E-state index is 13.6. The second kappa shape index (κ2) is 8.18. The number of benzene rings is 1. The molecule has 21 heavy (non-hydrogen) atoms. The second-order valence-electron chi connectivity index (χ2n) is 6.27. The van der Waals surface area contributed by atoms with E-state index in [1.165, 1.54) is 12.1 Å². The van der Waals surface area contributed by atoms with E-state index in [4.69, 9.17) is 0 Å². The first-order valence-corrected chi connectivity index (χ1v) is 6.83. The maximum atomic E-state index is 13.6. The van der Waals surface area contributed by atoms with Crippen molar-refractivity contribution in [2.75, 3.05) is 26.2 Å². The number of nitrogens with one attached hydrogen (secondary N) is 1. The summed E-state index contributed by atoms with van der Waals surface area (Å²) in [5.74, 6) is -0.821. The highest BCUT2D eigenvalue weighted by Crippen LogP contribution is 2.39. The van der Waals surface area contributed by atoms with Gasteiger partial charge in [0.2, 0.25) is 0 Å². The third-order valence-corrected chi connectivity index (χ3v) is 3.62. The summed E-state index contributed by atoms with van der Waals surface area (Å²) in [4.78, 5) is 2.39. The largest absolute Gasteiger partial charge is 0.505 e. The van der Waals surface area contributed by atoms with Crippen molar-refractivity contribution < 1.29 is 9.50 Å². The van der Waals surface area contributed by atoms with E-state index in [-0.39, 0.29) is 42.0 Å². The van der Waals surface area contributed by atoms with Gasteiger partial charge in [-0.05, 0) is 23.1 Å². The van der Waals surface area contributed by atoms with Gasteiger partial charge < -0.3 is 10.4 Å². The molecule has 0 amide bonds. The zero-order chi connectivity index (χ0) is 14.0. The first kappa shape index (κ1) is 20.5. The Kier molecular flexibility index (Phi) is 7.97. The van der Waals surface area contributed by atoms with Gasteiger partial charge in [0.25, 0.3) is 0 Å². The second-order valence-corrected chi connectivity index (χ2v) is 6.27. The van der Waals surface area contributed by atoms with Crippen LogP contribution < -0.4 is 5.32 Å². The molecule has 6 heteroatoms. The van der Waals surface area contributed by atoms with Crippen molar-refractivity contribution in [2.45, 2.75) is 26.8 Å². The lowest BCUT2D eigenvalue weighted by Crippen LogP contribution is -2.48. The highest BCUT2D eigenvalue weighted by Gasteiger charge is 2.32. The molecule has 1 aromatic carbocycles. The van der Waals surface area contributed by atoms with E-state index >= 15 is 0 Å². The molecule has 2 N–H and O–H groups in total. The van der Waals surface area contributed by atoms with Gasteiger partial charge in [-0.1, -0.05) is 26.8 Å². The summed E-state index contributed by atoms with van der Waals surface area (Å²) in [6, 6.07) is 4.90. The first-order chi connectivity index (χ1) is 8.89. The van der Waals surface area contributed by atoms with Gasteiger partial charge in [-0.2, -0.15) is 0 Å². The van der Waals surface area contributed by atoms with Crippen LogP contribution in [-0.4, -0.2) is 36.2 Å². The quantitative estimate of drug-likeness (QED) is 0.867. The summed E-state index contributed by atoms with van der Waals surface area (Å²) in [6.45, 7) is 10.4. The van der Waals surface area contributed by atoms with Crippen molar-refractivity contribution in [3.8, 4) is 5.75 Å². The van der Waals surface area contributed by atoms with Gasteiger partial charge in [0.15, 0.2) is 11.6 Å². The highest BCUT2D eigenvalue weighted by atomic mass is 35.5. The minimum atomic E-state index is -0.540. The molecular weight excluding hydrogens is 314 g/mol. The van der Waals surface area contributed by atoms with Crippen LogP contribution in [0.15, 0.2) is 18.2 Å². The molecule has 0 aliphatic carbocycles. The zero-order valence-corrected chi connectivity index (χ0v) is 14.4. The number of piperazine rings is 1. The van der Waals surface area contributed by atoms with Crippen molar-refractivity contribution in [3.63, 3.8) is 0 Å². The molecule has 1 aromatic rings. The topological polar surface area (TPSA) is 35.5 Å². The van der Waals surface area contributed by atoms with E-state index in [2.05, 4.69) is 31.0 Å². The number of hydrogen-bond donors (Lipinski definition) is 2. The number of aromatic hydroxyl groups is 1. The molecule has 2 rings (SSSR count). The Morgan fingerprint density at radius 1 is 1.19 bits per heavy atom. The summed E-state index contributed by atoms with van der Waals surface area (Å²) in [5, 5.41) is 12.7. The van der Waals surface area contributed by atoms with Gasteiger partial charge in [-0.15, -0.1) is 24.8 Å². The average molecular weight is 339 g/mol. The third kappa shape index (κ3) is 4.99. The van der Waals surface area contributed by atoms with Crippen molar-refractivity contribution in [1.82, 2.24) is 10.2 Å². The first-order valence-electron chi connectivity index (χ1n) is 6.83. The van der Waals surface area contributed by atoms with E-state index in [0.29, 0.717) is 0 Å². The predicted molar refractivity (Wildman–Crippen MR) is 89.2 cm³/mol. The van der Waals surface area contributed by atoms with Crippen LogP contribution in [0.3, 0.4) is 0 Å². The third-order valence-electron chi connectivity index (χ3n) is 3.62. The van der Waals surface area contributed by atoms with Gasteiger partial charge in [-0.25, -0.2) is 4.39 Å². The van der Waals surface area contributed by atoms with Crippen molar-refractivity contribution in [1.29, 1.82) is 0 Å². The van der Waals surface area contributed by atoms with Crippen molar-refractivity contribution >= 4 is 24.8 Å². The minimum absolute atomic E-state index is 0. The SMILES string of the molecule is CC(C)(C)[C@H](c1ccc(O)c(F)c1)N1CCNCC1.Cl.Cl. The van der Waals surface area contributed by atoms with Crippen LogP contribution in [0, 0.1) is 11.2 Å². The maximum Gasteiger partial charge on any atom is 0.165 e. The summed E-state index contributed by atoms with van der Waals surface area (Å²) in [7, 11) is 0. The molecule has 1 atom stereocenters. The van der Waals surface area contributed by atoms with E-state index in [9.17, 15) is 9.50 Å². The number of halogens is 3. The van der Waals surface area contributed by atoms with Gasteiger partial charge in [0, 0.05) is 32.2 Å². The molecule has 0 saturated carbocycles. The molecule has 1 fully saturated rings. The van der Waals surface area contributed by atoms with Gasteiger partial charge in [0.1, 0.15) is 0 Å². The highest BCUT2D eigenvalue weighted by molar-refractivity contribution is 5.85. The molecular formula is C15H25Cl2FN2O. The molecule has 1 aliphatic heterocycles. The minimum Gasteiger partial charge on any atom is -0.505 e. The Morgan fingerprint density at radius 3 is 2.24 bits per heavy atom. The molecule has 1 aliphatic rings. The predicted octanol–water partition coefficient (Wildman–Crippen LogP) is 3.37. The normalized spacial score (nSPS) is 17.5. The fourth-order valence-electron chi connectivity index (χ4n) is 2.89. The Labute approximate surface area is 138 Å². The molecule has 3 nitrogen and oxygen atoms in total. The molecule has 1 heterocycles. The molecule has 122 valence electrons. The van der Waals surface area contributed by atoms with Crippen LogP contribution in [0.1, 0.15) is 32.4 Å². The van der Waals surface area contributed by atoms with Gasteiger partial charge in [0.05, 0.1) is 0 Å². The van der Waals surface area contributed by atoms with Crippen LogP contribution in [0.2, 0.25) is 0 Å². The summed E-state index contributed by atoms with van der Waals surface area (Å²) in [6.07, 6.45) is 0. The number of nitrogens with zero attached hydrogens (tertiary/aromatic N) is 1. The fourth-order valence-corrected chi connectivity index (χ4v) is 2.89. The Morgan fingerprint density at radius 2 is 1.76 bits per heavy atom. The molecule has 0 aromatic heterocycles. The monoisotopic (exact) mass is 338 g/mol. The van der Waals surface area contributed by atoms with Gasteiger partial charge in [-0.3, -0.25) is 4.90 Å². The van der Waals surface area contributed by atoms with E-state index in [0.717, 1.165) is 31.7 Å². The summed E-state index contributed by atoms with van der Waals surface area (Å²) < 4.78 is 13.6. The van der Waals surface area contributed by atoms with Crippen LogP contribution in [0.25, 0.3) is 0 Å².